The van der Waals surface area contributed by atoms with Crippen molar-refractivity contribution in [3.8, 4) is 11.5 Å². The second kappa shape index (κ2) is 6.07. The minimum absolute atomic E-state index is 0.101. The van der Waals surface area contributed by atoms with Crippen molar-refractivity contribution >= 4 is 23.2 Å². The summed E-state index contributed by atoms with van der Waals surface area (Å²) >= 11 is 1.59. The molecule has 2 aliphatic heterocycles. The van der Waals surface area contributed by atoms with Gasteiger partial charge in [-0.25, -0.2) is 0 Å². The van der Waals surface area contributed by atoms with Crippen molar-refractivity contribution in [1.29, 1.82) is 0 Å². The summed E-state index contributed by atoms with van der Waals surface area (Å²) in [6.07, 6.45) is 4.24. The van der Waals surface area contributed by atoms with Crippen LogP contribution in [-0.2, 0) is 6.54 Å². The number of aryl methyl sites for hydroxylation is 1. The highest BCUT2D eigenvalue weighted by Crippen LogP contribution is 2.39. The summed E-state index contributed by atoms with van der Waals surface area (Å²) in [6, 6.07) is 5.31. The molecule has 4 nitrogen and oxygen atoms in total. The van der Waals surface area contributed by atoms with E-state index >= 15 is 0 Å². The molecule has 1 aromatic heterocycles. The van der Waals surface area contributed by atoms with E-state index in [2.05, 4.69) is 0 Å². The number of likely N-dealkylation sites (tertiary alicyclic amines) is 1. The fourth-order valence-corrected chi connectivity index (χ4v) is 4.27. The lowest BCUT2D eigenvalue weighted by Gasteiger charge is -2.15. The summed E-state index contributed by atoms with van der Waals surface area (Å²) in [5, 5.41) is 12.3. The monoisotopic (exact) mass is 342 g/mol. The Balaban J connectivity index is 1.70. The average molecular weight is 342 g/mol. The summed E-state index contributed by atoms with van der Waals surface area (Å²) < 4.78 is 5.91. The summed E-state index contributed by atoms with van der Waals surface area (Å²) in [5.74, 6) is 1.00. The first-order valence-corrected chi connectivity index (χ1v) is 9.18. The van der Waals surface area contributed by atoms with E-state index in [-0.39, 0.29) is 11.5 Å². The first-order valence-electron chi connectivity index (χ1n) is 8.30. The van der Waals surface area contributed by atoms with Crippen LogP contribution in [0.2, 0.25) is 0 Å². The van der Waals surface area contributed by atoms with E-state index in [1.54, 1.807) is 23.5 Å². The molecule has 1 fully saturated rings. The van der Waals surface area contributed by atoms with E-state index in [1.807, 2.05) is 24.4 Å². The number of hydrogen-bond donors (Lipinski definition) is 2. The quantitative estimate of drug-likeness (QED) is 0.843. The molecule has 1 aromatic carbocycles. The number of phenols is 1. The van der Waals surface area contributed by atoms with Gasteiger partial charge in [-0.05, 0) is 36.1 Å². The van der Waals surface area contributed by atoms with Gasteiger partial charge in [-0.2, -0.15) is 0 Å². The number of quaternary nitrogens is 1. The van der Waals surface area contributed by atoms with E-state index < -0.39 is 0 Å². The van der Waals surface area contributed by atoms with E-state index in [1.165, 1.54) is 17.7 Å². The molecule has 0 amide bonds. The number of phenolic OH excluding ortho intramolecular Hbond substituents is 1. The number of ketones is 1. The Bertz CT molecular complexity index is 831. The number of carbonyl (C=O) groups is 1. The van der Waals surface area contributed by atoms with Crippen molar-refractivity contribution < 1.29 is 19.5 Å². The average Bonchev–Trinajstić information content (AvgIpc) is 3.27. The first kappa shape index (κ1) is 15.4. The van der Waals surface area contributed by atoms with Crippen LogP contribution in [0, 0.1) is 6.92 Å². The Morgan fingerprint density at radius 2 is 2.08 bits per heavy atom. The zero-order valence-electron chi connectivity index (χ0n) is 13.6. The van der Waals surface area contributed by atoms with Crippen molar-refractivity contribution in [3.05, 3.63) is 50.9 Å². The van der Waals surface area contributed by atoms with Gasteiger partial charge in [0.05, 0.1) is 24.2 Å². The predicted octanol–water partition coefficient (Wildman–Crippen LogP) is 2.56. The minimum atomic E-state index is -0.101. The van der Waals surface area contributed by atoms with Gasteiger partial charge in [-0.1, -0.05) is 0 Å². The van der Waals surface area contributed by atoms with Crippen molar-refractivity contribution in [2.75, 3.05) is 13.1 Å². The Morgan fingerprint density at radius 3 is 2.79 bits per heavy atom. The Kier molecular flexibility index (Phi) is 3.90. The third kappa shape index (κ3) is 2.64. The Labute approximate surface area is 145 Å². The van der Waals surface area contributed by atoms with Crippen molar-refractivity contribution in [2.24, 2.45) is 0 Å². The molecule has 5 heteroatoms. The third-order valence-corrected chi connectivity index (χ3v) is 5.78. The first-order chi connectivity index (χ1) is 11.6. The lowest BCUT2D eigenvalue weighted by Crippen LogP contribution is -3.08. The minimum Gasteiger partial charge on any atom is -0.507 e. The summed E-state index contributed by atoms with van der Waals surface area (Å²) in [7, 11) is 0. The maximum Gasteiger partial charge on any atom is 0.232 e. The van der Waals surface area contributed by atoms with Crippen LogP contribution in [0.3, 0.4) is 0 Å². The number of thiophene rings is 1. The van der Waals surface area contributed by atoms with Gasteiger partial charge in [0, 0.05) is 23.8 Å². The van der Waals surface area contributed by atoms with Gasteiger partial charge in [0.25, 0.3) is 0 Å². The third-order valence-electron chi connectivity index (χ3n) is 4.82. The Hall–Kier alpha value is -2.11. The summed E-state index contributed by atoms with van der Waals surface area (Å²) in [6.45, 7) is 4.93. The molecule has 2 N–H and O–H groups in total. The van der Waals surface area contributed by atoms with E-state index in [9.17, 15) is 9.90 Å². The van der Waals surface area contributed by atoms with Gasteiger partial charge < -0.3 is 14.7 Å². The standard InChI is InChI=1S/C19H19NO3S/c1-12-6-9-24-17(12)10-16-18(22)13-4-5-15(21)14(19(13)23-16)11-20-7-2-3-8-20/h4-6,9-10,21H,2-3,7-8,11H2,1H3/p+1/b16-10+. The smallest absolute Gasteiger partial charge is 0.232 e. The molecule has 0 saturated carbocycles. The number of benzene rings is 1. The maximum absolute atomic E-state index is 12.7. The highest BCUT2D eigenvalue weighted by atomic mass is 32.1. The molecule has 24 heavy (non-hydrogen) atoms. The fraction of sp³-hybridized carbons (Fsp3) is 0.316. The van der Waals surface area contributed by atoms with E-state index in [0.717, 1.165) is 29.1 Å². The molecule has 1 saturated heterocycles. The highest BCUT2D eigenvalue weighted by molar-refractivity contribution is 7.11. The molecule has 4 rings (SSSR count). The molecule has 0 unspecified atom stereocenters. The molecule has 0 spiro atoms. The zero-order chi connectivity index (χ0) is 16.7. The van der Waals surface area contributed by atoms with Crippen molar-refractivity contribution in [3.63, 3.8) is 0 Å². The normalized spacial score (nSPS) is 19.0. The van der Waals surface area contributed by atoms with Crippen LogP contribution in [0.15, 0.2) is 29.3 Å². The lowest BCUT2D eigenvalue weighted by atomic mass is 10.0. The van der Waals surface area contributed by atoms with Crippen LogP contribution in [-0.4, -0.2) is 24.0 Å². The number of nitrogens with one attached hydrogen (secondary N) is 1. The van der Waals surface area contributed by atoms with Gasteiger partial charge in [-0.3, -0.25) is 4.79 Å². The SMILES string of the molecule is Cc1ccsc1/C=C1/Oc2c(ccc(O)c2C[NH+]2CCCC2)C1=O. The molecule has 2 aromatic rings. The molecule has 2 aliphatic rings. The van der Waals surface area contributed by atoms with Gasteiger partial charge in [-0.15, -0.1) is 11.3 Å². The van der Waals surface area contributed by atoms with Crippen LogP contribution >= 0.6 is 11.3 Å². The number of rotatable bonds is 3. The van der Waals surface area contributed by atoms with Gasteiger partial charge in [0.2, 0.25) is 5.78 Å². The van der Waals surface area contributed by atoms with Crippen LogP contribution in [0.4, 0.5) is 0 Å². The molecule has 0 aliphatic carbocycles. The lowest BCUT2D eigenvalue weighted by molar-refractivity contribution is -0.901. The molecule has 0 radical (unpaired) electrons. The van der Waals surface area contributed by atoms with Crippen LogP contribution in [0.5, 0.6) is 11.5 Å². The van der Waals surface area contributed by atoms with Crippen LogP contribution in [0.1, 0.15) is 39.2 Å². The zero-order valence-corrected chi connectivity index (χ0v) is 14.4. The topological polar surface area (TPSA) is 51.0 Å². The second-order valence-corrected chi connectivity index (χ2v) is 7.43. The molecule has 3 heterocycles. The fourth-order valence-electron chi connectivity index (χ4n) is 3.42. The number of carbonyl (C=O) groups excluding carboxylic acids is 1. The number of ether oxygens (including phenoxy) is 1. The number of fused-ring (bicyclic) bond motifs is 1. The molecule has 0 atom stereocenters. The summed E-state index contributed by atoms with van der Waals surface area (Å²) in [4.78, 5) is 15.1. The number of aromatic hydroxyl groups is 1. The van der Waals surface area contributed by atoms with Crippen LogP contribution in [0.25, 0.3) is 6.08 Å². The van der Waals surface area contributed by atoms with Crippen molar-refractivity contribution in [2.45, 2.75) is 26.3 Å². The predicted molar refractivity (Wildman–Crippen MR) is 93.7 cm³/mol. The largest absolute Gasteiger partial charge is 0.507 e. The number of hydrogen-bond acceptors (Lipinski definition) is 4. The van der Waals surface area contributed by atoms with E-state index in [0.29, 0.717) is 23.6 Å². The van der Waals surface area contributed by atoms with Crippen LogP contribution < -0.4 is 9.64 Å². The maximum atomic E-state index is 12.7. The van der Waals surface area contributed by atoms with Crippen molar-refractivity contribution in [1.82, 2.24) is 0 Å². The number of Topliss-reactive ketones (excluding diaryl/α,β-unsaturated/α-hetero) is 1. The summed E-state index contributed by atoms with van der Waals surface area (Å²) in [5.41, 5.74) is 2.44. The molecule has 124 valence electrons. The number of allylic oxidation sites excluding steroid dienone is 1. The van der Waals surface area contributed by atoms with Gasteiger partial charge in [0.15, 0.2) is 11.5 Å². The Morgan fingerprint density at radius 1 is 1.29 bits per heavy atom. The molecular formula is C19H20NO3S+. The molecule has 0 bridgehead atoms. The van der Waals surface area contributed by atoms with Gasteiger partial charge >= 0.3 is 0 Å². The van der Waals surface area contributed by atoms with E-state index in [4.69, 9.17) is 4.74 Å². The second-order valence-electron chi connectivity index (χ2n) is 6.48. The van der Waals surface area contributed by atoms with Gasteiger partial charge in [0.1, 0.15) is 12.3 Å². The molecular weight excluding hydrogens is 322 g/mol. The highest BCUT2D eigenvalue weighted by Gasteiger charge is 2.33.